The lowest BCUT2D eigenvalue weighted by molar-refractivity contribution is 0.0684. The first-order valence-electron chi connectivity index (χ1n) is 6.67. The molecule has 0 aliphatic heterocycles. The Morgan fingerprint density at radius 3 is 2.89 bits per heavy atom. The second-order valence-corrected chi connectivity index (χ2v) is 4.87. The summed E-state index contributed by atoms with van der Waals surface area (Å²) < 4.78 is 7.03. The number of nitrogens with zero attached hydrogens (tertiary/aromatic N) is 1. The third-order valence-electron chi connectivity index (χ3n) is 3.61. The van der Waals surface area contributed by atoms with E-state index in [1.165, 1.54) is 24.1 Å². The van der Waals surface area contributed by atoms with Crippen LogP contribution < -0.4 is 0 Å². The summed E-state index contributed by atoms with van der Waals surface area (Å²) in [7, 11) is 1.69. The Balaban J connectivity index is 2.14. The van der Waals surface area contributed by atoms with Gasteiger partial charge in [0.2, 0.25) is 0 Å². The Bertz CT molecular complexity index is 423. The Morgan fingerprint density at radius 1 is 1.39 bits per heavy atom. The SMILES string of the molecule is COCCCCn1c(C(=O)O)cc2c1CCCC2. The Kier molecular flexibility index (Phi) is 4.42. The topological polar surface area (TPSA) is 51.5 Å². The summed E-state index contributed by atoms with van der Waals surface area (Å²) in [4.78, 5) is 11.3. The van der Waals surface area contributed by atoms with Crippen molar-refractivity contribution in [2.24, 2.45) is 0 Å². The molecule has 4 heteroatoms. The number of carbonyl (C=O) groups is 1. The van der Waals surface area contributed by atoms with Gasteiger partial charge in [-0.3, -0.25) is 0 Å². The largest absolute Gasteiger partial charge is 0.477 e. The molecule has 0 radical (unpaired) electrons. The molecule has 18 heavy (non-hydrogen) atoms. The number of unbranched alkanes of at least 4 members (excludes halogenated alkanes) is 1. The van der Waals surface area contributed by atoms with E-state index in [1.807, 2.05) is 10.6 Å². The molecular weight excluding hydrogens is 230 g/mol. The number of hydrogen-bond acceptors (Lipinski definition) is 2. The van der Waals surface area contributed by atoms with Gasteiger partial charge in [0.25, 0.3) is 0 Å². The maximum atomic E-state index is 11.3. The van der Waals surface area contributed by atoms with Gasteiger partial charge in [0, 0.05) is 26.0 Å². The number of hydrogen-bond donors (Lipinski definition) is 1. The van der Waals surface area contributed by atoms with Crippen molar-refractivity contribution < 1.29 is 14.6 Å². The minimum Gasteiger partial charge on any atom is -0.477 e. The van der Waals surface area contributed by atoms with Crippen LogP contribution in [0, 0.1) is 0 Å². The highest BCUT2D eigenvalue weighted by Gasteiger charge is 2.21. The molecule has 1 aliphatic carbocycles. The predicted octanol–water partition coefficient (Wildman–Crippen LogP) is 2.49. The standard InChI is InChI=1S/C14H21NO3/c1-18-9-5-4-8-15-12-7-3-2-6-11(12)10-13(15)14(16)17/h10H,2-9H2,1H3,(H,16,17). The number of fused-ring (bicyclic) bond motifs is 1. The second-order valence-electron chi connectivity index (χ2n) is 4.87. The molecule has 0 amide bonds. The lowest BCUT2D eigenvalue weighted by Gasteiger charge is -2.16. The predicted molar refractivity (Wildman–Crippen MR) is 69.1 cm³/mol. The third-order valence-corrected chi connectivity index (χ3v) is 3.61. The van der Waals surface area contributed by atoms with Crippen molar-refractivity contribution in [1.29, 1.82) is 0 Å². The van der Waals surface area contributed by atoms with Crippen LogP contribution in [0.4, 0.5) is 0 Å². The summed E-state index contributed by atoms with van der Waals surface area (Å²) >= 11 is 0. The van der Waals surface area contributed by atoms with Crippen LogP contribution in [0.3, 0.4) is 0 Å². The first-order chi connectivity index (χ1) is 8.74. The highest BCUT2D eigenvalue weighted by molar-refractivity contribution is 5.86. The van der Waals surface area contributed by atoms with E-state index >= 15 is 0 Å². The lowest BCUT2D eigenvalue weighted by Crippen LogP contribution is -2.13. The molecule has 1 N–H and O–H groups in total. The lowest BCUT2D eigenvalue weighted by atomic mass is 9.98. The van der Waals surface area contributed by atoms with E-state index in [0.29, 0.717) is 5.69 Å². The van der Waals surface area contributed by atoms with E-state index < -0.39 is 5.97 Å². The Hall–Kier alpha value is -1.29. The van der Waals surface area contributed by atoms with Gasteiger partial charge in [0.05, 0.1) is 0 Å². The van der Waals surface area contributed by atoms with Crippen LogP contribution in [0.15, 0.2) is 6.07 Å². The van der Waals surface area contributed by atoms with E-state index in [4.69, 9.17) is 4.74 Å². The normalized spacial score (nSPS) is 14.5. The highest BCUT2D eigenvalue weighted by atomic mass is 16.5. The van der Waals surface area contributed by atoms with E-state index in [2.05, 4.69) is 0 Å². The van der Waals surface area contributed by atoms with Crippen LogP contribution in [0.1, 0.15) is 47.4 Å². The van der Waals surface area contributed by atoms with Gasteiger partial charge in [-0.2, -0.15) is 0 Å². The molecule has 4 nitrogen and oxygen atoms in total. The quantitative estimate of drug-likeness (QED) is 0.790. The molecule has 0 bridgehead atoms. The number of ether oxygens (including phenoxy) is 1. The number of carboxylic acid groups (broad SMARTS) is 1. The molecule has 2 rings (SSSR count). The molecule has 0 atom stereocenters. The fourth-order valence-corrected chi connectivity index (χ4v) is 2.71. The van der Waals surface area contributed by atoms with Gasteiger partial charge in [-0.05, 0) is 50.2 Å². The number of aromatic nitrogens is 1. The van der Waals surface area contributed by atoms with Gasteiger partial charge in [0.1, 0.15) is 5.69 Å². The number of aryl methyl sites for hydroxylation is 1. The van der Waals surface area contributed by atoms with Gasteiger partial charge in [-0.25, -0.2) is 4.79 Å². The van der Waals surface area contributed by atoms with Gasteiger partial charge in [-0.15, -0.1) is 0 Å². The molecule has 1 aromatic heterocycles. The summed E-state index contributed by atoms with van der Waals surface area (Å²) in [6.45, 7) is 1.53. The Morgan fingerprint density at radius 2 is 2.17 bits per heavy atom. The van der Waals surface area contributed by atoms with Crippen molar-refractivity contribution in [3.63, 3.8) is 0 Å². The van der Waals surface area contributed by atoms with Crippen LogP contribution in [0.25, 0.3) is 0 Å². The molecule has 0 saturated carbocycles. The van der Waals surface area contributed by atoms with Crippen LogP contribution >= 0.6 is 0 Å². The van der Waals surface area contributed by atoms with E-state index in [-0.39, 0.29) is 0 Å². The number of rotatable bonds is 6. The fraction of sp³-hybridized carbons (Fsp3) is 0.643. The van der Waals surface area contributed by atoms with Crippen LogP contribution in [0.5, 0.6) is 0 Å². The van der Waals surface area contributed by atoms with E-state index in [9.17, 15) is 9.90 Å². The number of methoxy groups -OCH3 is 1. The first kappa shape index (κ1) is 13.1. The molecule has 0 fully saturated rings. The first-order valence-corrected chi connectivity index (χ1v) is 6.67. The summed E-state index contributed by atoms with van der Waals surface area (Å²) in [5.41, 5.74) is 2.95. The fourth-order valence-electron chi connectivity index (χ4n) is 2.71. The van der Waals surface area contributed by atoms with E-state index in [1.54, 1.807) is 7.11 Å². The van der Waals surface area contributed by atoms with Crippen LogP contribution in [-0.4, -0.2) is 29.4 Å². The van der Waals surface area contributed by atoms with Crippen molar-refractivity contribution in [1.82, 2.24) is 4.57 Å². The highest BCUT2D eigenvalue weighted by Crippen LogP contribution is 2.25. The smallest absolute Gasteiger partial charge is 0.352 e. The minimum atomic E-state index is -0.809. The summed E-state index contributed by atoms with van der Waals surface area (Å²) in [5.74, 6) is -0.809. The van der Waals surface area contributed by atoms with Crippen molar-refractivity contribution in [2.75, 3.05) is 13.7 Å². The van der Waals surface area contributed by atoms with Gasteiger partial charge in [-0.1, -0.05) is 0 Å². The van der Waals surface area contributed by atoms with E-state index in [0.717, 1.165) is 38.8 Å². The minimum absolute atomic E-state index is 0.458. The maximum Gasteiger partial charge on any atom is 0.352 e. The molecule has 0 aromatic carbocycles. The molecule has 1 heterocycles. The van der Waals surface area contributed by atoms with Gasteiger partial charge in [0.15, 0.2) is 0 Å². The summed E-state index contributed by atoms with van der Waals surface area (Å²) in [6, 6.07) is 1.87. The average molecular weight is 251 g/mol. The van der Waals surface area contributed by atoms with Gasteiger partial charge < -0.3 is 14.4 Å². The molecule has 0 saturated heterocycles. The van der Waals surface area contributed by atoms with Crippen molar-refractivity contribution in [3.8, 4) is 0 Å². The molecule has 1 aliphatic rings. The zero-order chi connectivity index (χ0) is 13.0. The number of carboxylic acids is 1. The molecule has 0 spiro atoms. The summed E-state index contributed by atoms with van der Waals surface area (Å²) in [6.07, 6.45) is 6.35. The molecule has 100 valence electrons. The zero-order valence-electron chi connectivity index (χ0n) is 10.9. The summed E-state index contributed by atoms with van der Waals surface area (Å²) in [5, 5.41) is 9.27. The monoisotopic (exact) mass is 251 g/mol. The second kappa shape index (κ2) is 6.05. The van der Waals surface area contributed by atoms with Gasteiger partial charge >= 0.3 is 5.97 Å². The Labute approximate surface area is 108 Å². The van der Waals surface area contributed by atoms with Crippen molar-refractivity contribution in [2.45, 2.75) is 45.1 Å². The average Bonchev–Trinajstić information content (AvgIpc) is 2.74. The van der Waals surface area contributed by atoms with Crippen LogP contribution in [-0.2, 0) is 24.1 Å². The number of aromatic carboxylic acids is 1. The molecule has 1 aromatic rings. The van der Waals surface area contributed by atoms with Crippen molar-refractivity contribution in [3.05, 3.63) is 23.0 Å². The molecule has 0 unspecified atom stereocenters. The molecular formula is C14H21NO3. The van der Waals surface area contributed by atoms with Crippen LogP contribution in [0.2, 0.25) is 0 Å². The third kappa shape index (κ3) is 2.75. The van der Waals surface area contributed by atoms with Crippen molar-refractivity contribution >= 4 is 5.97 Å². The maximum absolute atomic E-state index is 11.3. The zero-order valence-corrected chi connectivity index (χ0v) is 10.9.